The standard InChI is InChI=1S/C19H25NO/c1-15-7-5-10-17(13-15)19(16-8-3-2-4-9-16)20-14-18-11-6-12-21-18/h3,5,7-10,13,18-20H,2,4,6,11-12,14H2,1H3. The zero-order chi connectivity index (χ0) is 14.5. The molecule has 1 aliphatic heterocycles. The van der Waals surface area contributed by atoms with Gasteiger partial charge in [-0.05, 0) is 43.7 Å². The molecule has 0 bridgehead atoms. The summed E-state index contributed by atoms with van der Waals surface area (Å²) in [5.74, 6) is 0. The second-order valence-corrected chi connectivity index (χ2v) is 6.07. The summed E-state index contributed by atoms with van der Waals surface area (Å²) in [6.07, 6.45) is 12.0. The Kier molecular flexibility index (Phi) is 4.89. The molecule has 2 nitrogen and oxygen atoms in total. The first-order valence-corrected chi connectivity index (χ1v) is 8.11. The molecule has 3 rings (SSSR count). The Labute approximate surface area is 127 Å². The number of ether oxygens (including phenoxy) is 1. The Morgan fingerprint density at radius 3 is 3.00 bits per heavy atom. The average molecular weight is 283 g/mol. The zero-order valence-corrected chi connectivity index (χ0v) is 12.8. The van der Waals surface area contributed by atoms with Gasteiger partial charge >= 0.3 is 0 Å². The van der Waals surface area contributed by atoms with Gasteiger partial charge in [0.25, 0.3) is 0 Å². The number of nitrogens with one attached hydrogen (secondary N) is 1. The maximum Gasteiger partial charge on any atom is 0.0700 e. The van der Waals surface area contributed by atoms with E-state index < -0.39 is 0 Å². The highest BCUT2D eigenvalue weighted by molar-refractivity contribution is 5.37. The van der Waals surface area contributed by atoms with Crippen LogP contribution in [0.15, 0.2) is 48.1 Å². The second kappa shape index (κ2) is 7.06. The Morgan fingerprint density at radius 1 is 1.33 bits per heavy atom. The minimum atomic E-state index is 0.283. The molecule has 0 radical (unpaired) electrons. The quantitative estimate of drug-likeness (QED) is 0.879. The molecule has 0 spiro atoms. The first kappa shape index (κ1) is 14.6. The van der Waals surface area contributed by atoms with Gasteiger partial charge in [0, 0.05) is 13.2 Å². The summed E-state index contributed by atoms with van der Waals surface area (Å²) in [6, 6.07) is 9.11. The molecule has 1 aromatic rings. The van der Waals surface area contributed by atoms with Crippen molar-refractivity contribution in [3.8, 4) is 0 Å². The number of allylic oxidation sites excluding steroid dienone is 2. The fraction of sp³-hybridized carbons (Fsp3) is 0.474. The summed E-state index contributed by atoms with van der Waals surface area (Å²) in [5.41, 5.74) is 4.06. The lowest BCUT2D eigenvalue weighted by molar-refractivity contribution is 0.108. The molecule has 112 valence electrons. The molecule has 2 aliphatic rings. The lowest BCUT2D eigenvalue weighted by Gasteiger charge is -2.24. The SMILES string of the molecule is Cc1cccc(C(NCC2CCCO2)C2=CCCC=C2)c1. The molecule has 0 aromatic heterocycles. The molecule has 1 aliphatic carbocycles. The topological polar surface area (TPSA) is 21.3 Å². The maximum atomic E-state index is 5.75. The molecule has 1 N–H and O–H groups in total. The molecular weight excluding hydrogens is 258 g/mol. The van der Waals surface area contributed by atoms with Crippen LogP contribution in [0.2, 0.25) is 0 Å². The van der Waals surface area contributed by atoms with Crippen molar-refractivity contribution in [2.75, 3.05) is 13.2 Å². The number of aryl methyl sites for hydroxylation is 1. The molecule has 1 heterocycles. The highest BCUT2D eigenvalue weighted by Gasteiger charge is 2.20. The number of hydrogen-bond donors (Lipinski definition) is 1. The zero-order valence-electron chi connectivity index (χ0n) is 12.8. The highest BCUT2D eigenvalue weighted by atomic mass is 16.5. The summed E-state index contributed by atoms with van der Waals surface area (Å²) >= 11 is 0. The average Bonchev–Trinajstić information content (AvgIpc) is 3.02. The van der Waals surface area contributed by atoms with Gasteiger partial charge in [-0.1, -0.05) is 48.1 Å². The van der Waals surface area contributed by atoms with E-state index in [1.165, 1.54) is 29.5 Å². The van der Waals surface area contributed by atoms with Crippen molar-refractivity contribution in [3.05, 3.63) is 59.2 Å². The normalized spacial score (nSPS) is 23.1. The van der Waals surface area contributed by atoms with Gasteiger partial charge in [0.2, 0.25) is 0 Å². The molecule has 1 fully saturated rings. The van der Waals surface area contributed by atoms with Gasteiger partial charge in [-0.15, -0.1) is 0 Å². The molecule has 2 atom stereocenters. The predicted molar refractivity (Wildman–Crippen MR) is 87.4 cm³/mol. The fourth-order valence-corrected chi connectivity index (χ4v) is 3.18. The number of benzene rings is 1. The van der Waals surface area contributed by atoms with Gasteiger partial charge in [-0.3, -0.25) is 0 Å². The van der Waals surface area contributed by atoms with Gasteiger partial charge in [0.05, 0.1) is 12.1 Å². The van der Waals surface area contributed by atoms with Gasteiger partial charge in [0.15, 0.2) is 0 Å². The van der Waals surface area contributed by atoms with Crippen LogP contribution in [0, 0.1) is 6.92 Å². The monoisotopic (exact) mass is 283 g/mol. The van der Waals surface area contributed by atoms with Crippen LogP contribution in [-0.2, 0) is 4.74 Å². The van der Waals surface area contributed by atoms with Gasteiger partial charge in [0.1, 0.15) is 0 Å². The summed E-state index contributed by atoms with van der Waals surface area (Å²) in [6.45, 7) is 4.01. The van der Waals surface area contributed by atoms with Crippen molar-refractivity contribution in [3.63, 3.8) is 0 Å². The maximum absolute atomic E-state index is 5.75. The van der Waals surface area contributed by atoms with Crippen molar-refractivity contribution in [1.29, 1.82) is 0 Å². The van der Waals surface area contributed by atoms with Crippen molar-refractivity contribution in [1.82, 2.24) is 5.32 Å². The molecule has 21 heavy (non-hydrogen) atoms. The van der Waals surface area contributed by atoms with Crippen LogP contribution in [-0.4, -0.2) is 19.3 Å². The lowest BCUT2D eigenvalue weighted by Crippen LogP contribution is -2.31. The molecule has 0 saturated carbocycles. The minimum absolute atomic E-state index is 0.283. The Morgan fingerprint density at radius 2 is 2.29 bits per heavy atom. The minimum Gasteiger partial charge on any atom is -0.377 e. The Bertz CT molecular complexity index is 526. The molecule has 1 aromatic carbocycles. The van der Waals surface area contributed by atoms with Gasteiger partial charge in [-0.25, -0.2) is 0 Å². The molecule has 0 amide bonds. The Hall–Kier alpha value is -1.38. The number of hydrogen-bond acceptors (Lipinski definition) is 2. The van der Waals surface area contributed by atoms with Gasteiger partial charge < -0.3 is 10.1 Å². The largest absolute Gasteiger partial charge is 0.377 e. The second-order valence-electron chi connectivity index (χ2n) is 6.07. The van der Waals surface area contributed by atoms with Crippen LogP contribution in [0.1, 0.15) is 42.9 Å². The van der Waals surface area contributed by atoms with Crippen LogP contribution in [0.25, 0.3) is 0 Å². The van der Waals surface area contributed by atoms with Gasteiger partial charge in [-0.2, -0.15) is 0 Å². The van der Waals surface area contributed by atoms with E-state index in [2.05, 4.69) is 54.7 Å². The van der Waals surface area contributed by atoms with Crippen LogP contribution in [0.4, 0.5) is 0 Å². The Balaban J connectivity index is 1.76. The summed E-state index contributed by atoms with van der Waals surface area (Å²) in [4.78, 5) is 0. The van der Waals surface area contributed by atoms with Crippen LogP contribution in [0.3, 0.4) is 0 Å². The summed E-state index contributed by atoms with van der Waals surface area (Å²) in [5, 5.41) is 3.73. The predicted octanol–water partition coefficient (Wildman–Crippen LogP) is 4.08. The molecule has 2 heteroatoms. The van der Waals surface area contributed by atoms with E-state index in [9.17, 15) is 0 Å². The molecular formula is C19H25NO. The third kappa shape index (κ3) is 3.84. The van der Waals surface area contributed by atoms with Crippen molar-refractivity contribution >= 4 is 0 Å². The van der Waals surface area contributed by atoms with Crippen LogP contribution >= 0.6 is 0 Å². The third-order valence-electron chi connectivity index (χ3n) is 4.31. The van der Waals surface area contributed by atoms with Crippen LogP contribution < -0.4 is 5.32 Å². The number of rotatable bonds is 5. The fourth-order valence-electron chi connectivity index (χ4n) is 3.18. The van der Waals surface area contributed by atoms with Crippen molar-refractivity contribution in [2.45, 2.75) is 44.8 Å². The highest BCUT2D eigenvalue weighted by Crippen LogP contribution is 2.27. The smallest absolute Gasteiger partial charge is 0.0700 e. The van der Waals surface area contributed by atoms with E-state index in [1.807, 2.05) is 0 Å². The van der Waals surface area contributed by atoms with Crippen LogP contribution in [0.5, 0.6) is 0 Å². The van der Waals surface area contributed by atoms with E-state index in [4.69, 9.17) is 4.74 Å². The summed E-state index contributed by atoms with van der Waals surface area (Å²) < 4.78 is 5.75. The van der Waals surface area contributed by atoms with E-state index in [1.54, 1.807) is 0 Å². The first-order chi connectivity index (χ1) is 10.3. The van der Waals surface area contributed by atoms with E-state index in [0.717, 1.165) is 26.0 Å². The molecule has 2 unspecified atom stereocenters. The van der Waals surface area contributed by atoms with E-state index in [-0.39, 0.29) is 6.04 Å². The molecule has 1 saturated heterocycles. The summed E-state index contributed by atoms with van der Waals surface area (Å²) in [7, 11) is 0. The van der Waals surface area contributed by atoms with E-state index >= 15 is 0 Å². The first-order valence-electron chi connectivity index (χ1n) is 8.11. The van der Waals surface area contributed by atoms with Crippen molar-refractivity contribution in [2.24, 2.45) is 0 Å². The van der Waals surface area contributed by atoms with Crippen molar-refractivity contribution < 1.29 is 4.74 Å². The van der Waals surface area contributed by atoms with E-state index in [0.29, 0.717) is 6.10 Å². The lowest BCUT2D eigenvalue weighted by atomic mass is 9.93. The third-order valence-corrected chi connectivity index (χ3v) is 4.31.